The summed E-state index contributed by atoms with van der Waals surface area (Å²) >= 11 is 1.25. The maximum Gasteiger partial charge on any atom is 0.359 e. The van der Waals surface area contributed by atoms with Crippen molar-refractivity contribution in [2.45, 2.75) is 20.0 Å². The molecule has 5 nitrogen and oxygen atoms in total. The number of anilines is 1. The molecule has 0 atom stereocenters. The van der Waals surface area contributed by atoms with Crippen LogP contribution in [0.2, 0.25) is 0 Å². The fraction of sp³-hybridized carbons (Fsp3) is 0.286. The van der Waals surface area contributed by atoms with Gasteiger partial charge in [0.25, 0.3) is 0 Å². The van der Waals surface area contributed by atoms with E-state index in [1.54, 1.807) is 0 Å². The van der Waals surface area contributed by atoms with Gasteiger partial charge in [-0.3, -0.25) is 0 Å². The lowest BCUT2D eigenvalue weighted by atomic mass is 10.2. The van der Waals surface area contributed by atoms with Crippen molar-refractivity contribution < 1.29 is 14.3 Å². The molecule has 0 fully saturated rings. The van der Waals surface area contributed by atoms with E-state index < -0.39 is 5.97 Å². The third-order valence-corrected chi connectivity index (χ3v) is 3.42. The molecule has 0 unspecified atom stereocenters. The fourth-order valence-electron chi connectivity index (χ4n) is 1.67. The number of rotatable bonds is 4. The smallest absolute Gasteiger partial charge is 0.359 e. The number of nitrogen functional groups attached to an aromatic ring is 1. The normalized spacial score (nSPS) is 10.6. The number of nitrogens with zero attached hydrogens (tertiary/aromatic N) is 1. The van der Waals surface area contributed by atoms with E-state index in [9.17, 15) is 4.79 Å². The summed E-state index contributed by atoms with van der Waals surface area (Å²) < 4.78 is 10.3. The van der Waals surface area contributed by atoms with Crippen molar-refractivity contribution in [3.05, 3.63) is 30.0 Å². The number of ether oxygens (including phenoxy) is 2. The molecule has 20 heavy (non-hydrogen) atoms. The fourth-order valence-corrected chi connectivity index (χ4v) is 2.49. The molecule has 2 rings (SSSR count). The van der Waals surface area contributed by atoms with Crippen molar-refractivity contribution in [2.75, 3.05) is 12.8 Å². The highest BCUT2D eigenvalue weighted by molar-refractivity contribution is 7.19. The minimum atomic E-state index is -0.528. The predicted molar refractivity (Wildman–Crippen MR) is 79.1 cm³/mol. The van der Waals surface area contributed by atoms with Crippen LogP contribution < -0.4 is 10.5 Å². The maximum absolute atomic E-state index is 11.5. The number of hydrogen-bond donors (Lipinski definition) is 1. The van der Waals surface area contributed by atoms with Crippen LogP contribution in [0.4, 0.5) is 5.00 Å². The SMILES string of the molecule is COC(=O)c1nc(-c2cccc(OC(C)C)c2)sc1N. The van der Waals surface area contributed by atoms with Gasteiger partial charge in [-0.05, 0) is 26.0 Å². The summed E-state index contributed by atoms with van der Waals surface area (Å²) in [7, 11) is 1.30. The van der Waals surface area contributed by atoms with Crippen molar-refractivity contribution in [1.82, 2.24) is 4.98 Å². The zero-order valence-electron chi connectivity index (χ0n) is 11.5. The zero-order valence-corrected chi connectivity index (χ0v) is 12.4. The number of nitrogens with two attached hydrogens (primary N) is 1. The highest BCUT2D eigenvalue weighted by Crippen LogP contribution is 2.32. The van der Waals surface area contributed by atoms with Crippen LogP contribution in [0.3, 0.4) is 0 Å². The summed E-state index contributed by atoms with van der Waals surface area (Å²) in [4.78, 5) is 15.7. The summed E-state index contributed by atoms with van der Waals surface area (Å²) in [6.45, 7) is 3.92. The van der Waals surface area contributed by atoms with Crippen molar-refractivity contribution >= 4 is 22.3 Å². The van der Waals surface area contributed by atoms with Gasteiger partial charge in [0.2, 0.25) is 0 Å². The quantitative estimate of drug-likeness (QED) is 0.877. The molecule has 0 radical (unpaired) electrons. The molecule has 0 saturated heterocycles. The average Bonchev–Trinajstić information content (AvgIpc) is 2.79. The number of methoxy groups -OCH3 is 1. The molecular weight excluding hydrogens is 276 g/mol. The van der Waals surface area contributed by atoms with Crippen LogP contribution in [0.5, 0.6) is 5.75 Å². The first kappa shape index (κ1) is 14.3. The number of benzene rings is 1. The Morgan fingerprint density at radius 1 is 1.40 bits per heavy atom. The van der Waals surface area contributed by atoms with E-state index in [0.717, 1.165) is 11.3 Å². The minimum absolute atomic E-state index is 0.0947. The number of esters is 1. The highest BCUT2D eigenvalue weighted by Gasteiger charge is 2.17. The largest absolute Gasteiger partial charge is 0.491 e. The van der Waals surface area contributed by atoms with Gasteiger partial charge in [-0.1, -0.05) is 23.5 Å². The van der Waals surface area contributed by atoms with Crippen molar-refractivity contribution in [2.24, 2.45) is 0 Å². The van der Waals surface area contributed by atoms with Crippen LogP contribution in [-0.4, -0.2) is 24.2 Å². The summed E-state index contributed by atoms with van der Waals surface area (Å²) in [6, 6.07) is 7.52. The van der Waals surface area contributed by atoms with Gasteiger partial charge < -0.3 is 15.2 Å². The Hall–Kier alpha value is -2.08. The Labute approximate surface area is 121 Å². The number of hydrogen-bond acceptors (Lipinski definition) is 6. The Morgan fingerprint density at radius 2 is 2.15 bits per heavy atom. The molecule has 0 aliphatic rings. The van der Waals surface area contributed by atoms with Gasteiger partial charge in [-0.25, -0.2) is 9.78 Å². The Kier molecular flexibility index (Phi) is 4.24. The zero-order chi connectivity index (χ0) is 14.7. The van der Waals surface area contributed by atoms with E-state index in [1.807, 2.05) is 38.1 Å². The Bertz CT molecular complexity index is 623. The van der Waals surface area contributed by atoms with Gasteiger partial charge in [0.05, 0.1) is 13.2 Å². The molecule has 0 spiro atoms. The van der Waals surface area contributed by atoms with Gasteiger partial charge in [0, 0.05) is 5.56 Å². The van der Waals surface area contributed by atoms with E-state index in [-0.39, 0.29) is 11.8 Å². The molecular formula is C14H16N2O3S. The molecule has 0 bridgehead atoms. The topological polar surface area (TPSA) is 74.4 Å². The standard InChI is InChI=1S/C14H16N2O3S/c1-8(2)19-10-6-4-5-9(7-10)13-16-11(12(15)20-13)14(17)18-3/h4-8H,15H2,1-3H3. The van der Waals surface area contributed by atoms with E-state index in [0.29, 0.717) is 10.0 Å². The lowest BCUT2D eigenvalue weighted by Gasteiger charge is -2.09. The second-order valence-corrected chi connectivity index (χ2v) is 5.45. The second-order valence-electron chi connectivity index (χ2n) is 4.42. The first-order valence-electron chi connectivity index (χ1n) is 6.13. The van der Waals surface area contributed by atoms with E-state index in [1.165, 1.54) is 18.4 Å². The van der Waals surface area contributed by atoms with E-state index in [2.05, 4.69) is 9.72 Å². The molecule has 0 amide bonds. The molecule has 2 N–H and O–H groups in total. The van der Waals surface area contributed by atoms with Crippen molar-refractivity contribution in [3.63, 3.8) is 0 Å². The molecule has 2 aromatic rings. The number of aromatic nitrogens is 1. The molecule has 1 aromatic carbocycles. The van der Waals surface area contributed by atoms with Crippen LogP contribution in [0.15, 0.2) is 24.3 Å². The lowest BCUT2D eigenvalue weighted by molar-refractivity contribution is 0.0596. The van der Waals surface area contributed by atoms with E-state index in [4.69, 9.17) is 10.5 Å². The third kappa shape index (κ3) is 3.08. The summed E-state index contributed by atoms with van der Waals surface area (Å²) in [5, 5.41) is 1.01. The molecule has 1 heterocycles. The Morgan fingerprint density at radius 3 is 2.80 bits per heavy atom. The Balaban J connectivity index is 2.34. The van der Waals surface area contributed by atoms with Crippen LogP contribution >= 0.6 is 11.3 Å². The second kappa shape index (κ2) is 5.92. The van der Waals surface area contributed by atoms with Crippen LogP contribution in [-0.2, 0) is 4.74 Å². The molecule has 0 aliphatic carbocycles. The van der Waals surface area contributed by atoms with Crippen molar-refractivity contribution in [3.8, 4) is 16.3 Å². The molecule has 1 aromatic heterocycles. The van der Waals surface area contributed by atoms with Gasteiger partial charge in [0.15, 0.2) is 5.69 Å². The average molecular weight is 292 g/mol. The van der Waals surface area contributed by atoms with Gasteiger partial charge in [0.1, 0.15) is 15.8 Å². The van der Waals surface area contributed by atoms with Crippen molar-refractivity contribution in [1.29, 1.82) is 0 Å². The number of thiazole rings is 1. The third-order valence-electron chi connectivity index (χ3n) is 2.48. The first-order valence-corrected chi connectivity index (χ1v) is 6.94. The minimum Gasteiger partial charge on any atom is -0.491 e. The first-order chi connectivity index (χ1) is 9.51. The van der Waals surface area contributed by atoms with Crippen LogP contribution in [0.25, 0.3) is 10.6 Å². The van der Waals surface area contributed by atoms with Crippen LogP contribution in [0, 0.1) is 0 Å². The summed E-state index contributed by atoms with van der Waals surface area (Å²) in [5.74, 6) is 0.227. The predicted octanol–water partition coefficient (Wildman–Crippen LogP) is 2.97. The highest BCUT2D eigenvalue weighted by atomic mass is 32.1. The van der Waals surface area contributed by atoms with Gasteiger partial charge in [-0.15, -0.1) is 0 Å². The van der Waals surface area contributed by atoms with Gasteiger partial charge >= 0.3 is 5.97 Å². The summed E-state index contributed by atoms with van der Waals surface area (Å²) in [5.41, 5.74) is 6.81. The molecule has 106 valence electrons. The summed E-state index contributed by atoms with van der Waals surface area (Å²) in [6.07, 6.45) is 0.0947. The maximum atomic E-state index is 11.5. The monoisotopic (exact) mass is 292 g/mol. The molecule has 6 heteroatoms. The van der Waals surface area contributed by atoms with E-state index >= 15 is 0 Å². The number of carbonyl (C=O) groups is 1. The van der Waals surface area contributed by atoms with Gasteiger partial charge in [-0.2, -0.15) is 0 Å². The molecule has 0 saturated carbocycles. The number of carbonyl (C=O) groups excluding carboxylic acids is 1. The van der Waals surface area contributed by atoms with Crippen LogP contribution in [0.1, 0.15) is 24.3 Å². The molecule has 0 aliphatic heterocycles. The lowest BCUT2D eigenvalue weighted by Crippen LogP contribution is -2.05.